The maximum atomic E-state index is 13.3. The summed E-state index contributed by atoms with van der Waals surface area (Å²) in [6, 6.07) is 24.0. The lowest BCUT2D eigenvalue weighted by molar-refractivity contribution is -0.141. The van der Waals surface area contributed by atoms with Crippen molar-refractivity contribution in [2.45, 2.75) is 22.7 Å². The first kappa shape index (κ1) is 24.0. The van der Waals surface area contributed by atoms with Crippen LogP contribution in [0.15, 0.2) is 89.8 Å². The number of carbonyl (C=O) groups is 2. The van der Waals surface area contributed by atoms with Gasteiger partial charge in [-0.2, -0.15) is 4.31 Å². The average molecular weight is 497 g/mol. The van der Waals surface area contributed by atoms with Gasteiger partial charge in [-0.1, -0.05) is 72.8 Å². The van der Waals surface area contributed by atoms with Crippen molar-refractivity contribution in [3.05, 3.63) is 90.5 Å². The lowest BCUT2D eigenvalue weighted by Gasteiger charge is -2.24. The number of hydrogen-bond acceptors (Lipinski definition) is 5. The Morgan fingerprint density at radius 3 is 2.15 bits per heavy atom. The second-order valence-corrected chi connectivity index (χ2v) is 10.9. The first-order valence-corrected chi connectivity index (χ1v) is 13.2. The van der Waals surface area contributed by atoms with E-state index in [0.717, 1.165) is 21.0 Å². The highest BCUT2D eigenvalue weighted by atomic mass is 32.2. The summed E-state index contributed by atoms with van der Waals surface area (Å²) >= 11 is 1.18. The fourth-order valence-corrected chi connectivity index (χ4v) is 6.87. The summed E-state index contributed by atoms with van der Waals surface area (Å²) < 4.78 is 27.8. The average Bonchev–Trinajstić information content (AvgIpc) is 3.36. The van der Waals surface area contributed by atoms with Gasteiger partial charge in [0.15, 0.2) is 0 Å². The van der Waals surface area contributed by atoms with Gasteiger partial charge >= 0.3 is 5.97 Å². The number of aliphatic carboxylic acids is 1. The van der Waals surface area contributed by atoms with Crippen molar-refractivity contribution in [2.75, 3.05) is 12.3 Å². The number of carbonyl (C=O) groups excluding carboxylic acids is 1. The molecule has 2 N–H and O–H groups in total. The van der Waals surface area contributed by atoms with Crippen LogP contribution in [0.3, 0.4) is 0 Å². The smallest absolute Gasteiger partial charge is 0.326 e. The summed E-state index contributed by atoms with van der Waals surface area (Å²) in [5.41, 5.74) is 2.62. The molecule has 0 spiro atoms. The van der Waals surface area contributed by atoms with Gasteiger partial charge in [-0.05, 0) is 28.8 Å². The van der Waals surface area contributed by atoms with Gasteiger partial charge < -0.3 is 10.4 Å². The lowest BCUT2D eigenvalue weighted by atomic mass is 10.1. The minimum Gasteiger partial charge on any atom is -0.480 e. The van der Waals surface area contributed by atoms with Gasteiger partial charge in [0.2, 0.25) is 15.9 Å². The van der Waals surface area contributed by atoms with Crippen LogP contribution in [0.5, 0.6) is 0 Å². The maximum Gasteiger partial charge on any atom is 0.326 e. The van der Waals surface area contributed by atoms with Crippen LogP contribution in [0.25, 0.3) is 11.1 Å². The van der Waals surface area contributed by atoms with Crippen molar-refractivity contribution >= 4 is 33.7 Å². The molecular formula is C25H24N2O5S2. The molecule has 1 amide bonds. The van der Waals surface area contributed by atoms with Gasteiger partial charge in [0.25, 0.3) is 0 Å². The largest absolute Gasteiger partial charge is 0.480 e. The Morgan fingerprint density at radius 2 is 1.53 bits per heavy atom. The molecule has 34 heavy (non-hydrogen) atoms. The molecule has 1 fully saturated rings. The molecule has 1 saturated heterocycles. The van der Waals surface area contributed by atoms with Gasteiger partial charge in [-0.3, -0.25) is 4.79 Å². The van der Waals surface area contributed by atoms with Crippen molar-refractivity contribution in [3.8, 4) is 11.1 Å². The molecule has 7 nitrogen and oxygen atoms in total. The fraction of sp³-hybridized carbons (Fsp3) is 0.200. The summed E-state index contributed by atoms with van der Waals surface area (Å²) in [4.78, 5) is 24.8. The minimum absolute atomic E-state index is 0.0894. The van der Waals surface area contributed by atoms with Crippen LogP contribution in [0, 0.1) is 0 Å². The van der Waals surface area contributed by atoms with Crippen molar-refractivity contribution in [3.63, 3.8) is 0 Å². The van der Waals surface area contributed by atoms with Gasteiger partial charge in [0.05, 0.1) is 4.90 Å². The zero-order valence-electron chi connectivity index (χ0n) is 18.2. The molecule has 0 aromatic heterocycles. The van der Waals surface area contributed by atoms with E-state index in [9.17, 15) is 23.1 Å². The standard InChI is InChI=1S/C25H24N2O5S2/c28-23(26-22(25(29)30)17-18-7-3-1-4-8-18)24-27(15-16-33-24)34(31,32)21-13-11-20(12-14-21)19-9-5-2-6-10-19/h1-14,22,24H,15-17H2,(H,26,28)(H,29,30)/t22-,24?/m0/s1. The Hall–Kier alpha value is -3.14. The molecule has 1 aliphatic heterocycles. The number of nitrogens with zero attached hydrogens (tertiary/aromatic N) is 1. The number of hydrogen-bond donors (Lipinski definition) is 2. The molecule has 1 unspecified atom stereocenters. The Bertz CT molecular complexity index is 1250. The number of rotatable bonds is 8. The predicted molar refractivity (Wildman–Crippen MR) is 132 cm³/mol. The van der Waals surface area contributed by atoms with E-state index in [-0.39, 0.29) is 17.9 Å². The van der Waals surface area contributed by atoms with Crippen LogP contribution in [-0.4, -0.2) is 53.4 Å². The number of thioether (sulfide) groups is 1. The summed E-state index contributed by atoms with van der Waals surface area (Å²) in [6.07, 6.45) is 0.104. The van der Waals surface area contributed by atoms with E-state index in [0.29, 0.717) is 5.75 Å². The minimum atomic E-state index is -3.94. The van der Waals surface area contributed by atoms with E-state index in [1.54, 1.807) is 36.4 Å². The molecule has 0 radical (unpaired) electrons. The predicted octanol–water partition coefficient (Wildman–Crippen LogP) is 3.23. The zero-order valence-corrected chi connectivity index (χ0v) is 19.8. The topological polar surface area (TPSA) is 104 Å². The summed E-state index contributed by atoms with van der Waals surface area (Å²) in [7, 11) is -3.94. The Kier molecular flexibility index (Phi) is 7.35. The van der Waals surface area contributed by atoms with Crippen molar-refractivity contribution < 1.29 is 23.1 Å². The molecule has 9 heteroatoms. The molecule has 3 aromatic rings. The summed E-state index contributed by atoms with van der Waals surface area (Å²) in [6.45, 7) is 0.169. The van der Waals surface area contributed by atoms with Crippen LogP contribution in [-0.2, 0) is 26.0 Å². The maximum absolute atomic E-state index is 13.3. The van der Waals surface area contributed by atoms with E-state index in [2.05, 4.69) is 5.32 Å². The van der Waals surface area contributed by atoms with Crippen LogP contribution in [0.2, 0.25) is 0 Å². The van der Waals surface area contributed by atoms with Crippen molar-refractivity contribution in [1.29, 1.82) is 0 Å². The number of sulfonamides is 1. The third-order valence-corrected chi connectivity index (χ3v) is 8.75. The molecule has 0 bridgehead atoms. The third kappa shape index (κ3) is 5.32. The van der Waals surface area contributed by atoms with E-state index >= 15 is 0 Å². The Morgan fingerprint density at radius 1 is 0.941 bits per heavy atom. The highest BCUT2D eigenvalue weighted by molar-refractivity contribution is 8.02. The van der Waals surface area contributed by atoms with E-state index in [1.807, 2.05) is 36.4 Å². The molecular weight excluding hydrogens is 472 g/mol. The first-order valence-electron chi connectivity index (χ1n) is 10.7. The van der Waals surface area contributed by atoms with Crippen LogP contribution < -0.4 is 5.32 Å². The Balaban J connectivity index is 1.50. The summed E-state index contributed by atoms with van der Waals surface area (Å²) in [5, 5.41) is 11.1. The van der Waals surface area contributed by atoms with Crippen LogP contribution in [0.4, 0.5) is 0 Å². The molecule has 1 heterocycles. The Labute approximate surface area is 202 Å². The molecule has 4 rings (SSSR count). The monoisotopic (exact) mass is 496 g/mol. The van der Waals surface area contributed by atoms with Gasteiger partial charge in [-0.25, -0.2) is 13.2 Å². The zero-order chi connectivity index (χ0) is 24.1. The number of amides is 1. The molecule has 0 aliphatic carbocycles. The van der Waals surface area contributed by atoms with Crippen molar-refractivity contribution in [2.24, 2.45) is 0 Å². The fourth-order valence-electron chi connectivity index (χ4n) is 3.79. The van der Waals surface area contributed by atoms with Crippen molar-refractivity contribution in [1.82, 2.24) is 9.62 Å². The molecule has 0 saturated carbocycles. The molecule has 2 atom stereocenters. The van der Waals surface area contributed by atoms with Crippen LogP contribution in [0.1, 0.15) is 5.56 Å². The van der Waals surface area contributed by atoms with E-state index < -0.39 is 33.3 Å². The lowest BCUT2D eigenvalue weighted by Crippen LogP contribution is -2.50. The summed E-state index contributed by atoms with van der Waals surface area (Å²) in [5.74, 6) is -1.36. The molecule has 176 valence electrons. The van der Waals surface area contributed by atoms with Gasteiger partial charge in [-0.15, -0.1) is 11.8 Å². The van der Waals surface area contributed by atoms with Gasteiger partial charge in [0.1, 0.15) is 11.4 Å². The second kappa shape index (κ2) is 10.4. The normalized spacial score (nSPS) is 17.2. The number of carboxylic acids is 1. The molecule has 1 aliphatic rings. The SMILES string of the molecule is O=C(N[C@@H](Cc1ccccc1)C(=O)O)C1SCCN1S(=O)(=O)c1ccc(-c2ccccc2)cc1. The van der Waals surface area contributed by atoms with Gasteiger partial charge in [0, 0.05) is 18.7 Å². The number of carboxylic acid groups (broad SMARTS) is 1. The molecule has 3 aromatic carbocycles. The van der Waals surface area contributed by atoms with E-state index in [4.69, 9.17) is 0 Å². The number of benzene rings is 3. The highest BCUT2D eigenvalue weighted by Crippen LogP contribution is 2.31. The third-order valence-electron chi connectivity index (χ3n) is 5.54. The second-order valence-electron chi connectivity index (χ2n) is 7.82. The van der Waals surface area contributed by atoms with Crippen LogP contribution >= 0.6 is 11.8 Å². The first-order chi connectivity index (χ1) is 16.4. The highest BCUT2D eigenvalue weighted by Gasteiger charge is 2.41. The quantitative estimate of drug-likeness (QED) is 0.496. The number of nitrogens with one attached hydrogen (secondary N) is 1. The van der Waals surface area contributed by atoms with E-state index in [1.165, 1.54) is 23.9 Å².